The van der Waals surface area contributed by atoms with Crippen molar-refractivity contribution < 1.29 is 4.74 Å². The molecule has 1 aliphatic rings. The third kappa shape index (κ3) is 2.67. The molecule has 0 aliphatic carbocycles. The zero-order chi connectivity index (χ0) is 13.8. The fourth-order valence-corrected chi connectivity index (χ4v) is 2.61. The maximum atomic E-state index is 5.89. The van der Waals surface area contributed by atoms with E-state index < -0.39 is 0 Å². The van der Waals surface area contributed by atoms with Crippen molar-refractivity contribution in [3.8, 4) is 0 Å². The second kappa shape index (κ2) is 6.04. The van der Waals surface area contributed by atoms with Gasteiger partial charge in [-0.05, 0) is 22.3 Å². The molecule has 0 aromatic heterocycles. The van der Waals surface area contributed by atoms with Crippen molar-refractivity contribution in [3.05, 3.63) is 77.9 Å². The average Bonchev–Trinajstić information content (AvgIpc) is 2.56. The van der Waals surface area contributed by atoms with Gasteiger partial charge in [-0.15, -0.1) is 0 Å². The second-order valence-electron chi connectivity index (χ2n) is 5.00. The Labute approximate surface area is 120 Å². The highest BCUT2D eigenvalue weighted by Gasteiger charge is 2.19. The van der Waals surface area contributed by atoms with E-state index in [9.17, 15) is 0 Å². The van der Waals surface area contributed by atoms with E-state index in [1.165, 1.54) is 11.1 Å². The van der Waals surface area contributed by atoms with E-state index >= 15 is 0 Å². The van der Waals surface area contributed by atoms with Crippen LogP contribution in [0.2, 0.25) is 0 Å². The molecule has 3 rings (SSSR count). The fourth-order valence-electron chi connectivity index (χ4n) is 2.61. The monoisotopic (exact) mass is 265 g/mol. The van der Waals surface area contributed by atoms with Gasteiger partial charge in [0.25, 0.3) is 0 Å². The minimum atomic E-state index is 0.111. The molecule has 2 nitrogen and oxygen atoms in total. The Balaban J connectivity index is 1.95. The maximum Gasteiger partial charge on any atom is 0.0955 e. The summed E-state index contributed by atoms with van der Waals surface area (Å²) in [5.74, 6) is 0. The first-order valence-electron chi connectivity index (χ1n) is 7.02. The summed E-state index contributed by atoms with van der Waals surface area (Å²) in [7, 11) is 0. The third-order valence-electron chi connectivity index (χ3n) is 3.68. The van der Waals surface area contributed by atoms with Gasteiger partial charge in [-0.2, -0.15) is 0 Å². The largest absolute Gasteiger partial charge is 0.371 e. The molecule has 0 radical (unpaired) electrons. The highest BCUT2D eigenvalue weighted by atomic mass is 16.5. The molecular formula is C18H19NO. The maximum absolute atomic E-state index is 5.89. The lowest BCUT2D eigenvalue weighted by molar-refractivity contribution is 0.0275. The SMILES string of the molecule is C=C(c1ccccc1)c1ccccc1C1CNCCO1. The zero-order valence-electron chi connectivity index (χ0n) is 11.5. The van der Waals surface area contributed by atoms with Crippen LogP contribution in [-0.2, 0) is 4.74 Å². The Hall–Kier alpha value is -1.90. The fraction of sp³-hybridized carbons (Fsp3) is 0.222. The molecule has 1 N–H and O–H groups in total. The Bertz CT molecular complexity index is 585. The number of morpholine rings is 1. The Morgan fingerprint density at radius 2 is 1.80 bits per heavy atom. The van der Waals surface area contributed by atoms with Crippen LogP contribution in [0.25, 0.3) is 5.57 Å². The van der Waals surface area contributed by atoms with E-state index in [4.69, 9.17) is 4.74 Å². The number of benzene rings is 2. The van der Waals surface area contributed by atoms with Crippen LogP contribution in [0.1, 0.15) is 22.8 Å². The van der Waals surface area contributed by atoms with Crippen LogP contribution in [0.4, 0.5) is 0 Å². The van der Waals surface area contributed by atoms with Gasteiger partial charge in [0.1, 0.15) is 0 Å². The van der Waals surface area contributed by atoms with Crippen LogP contribution in [0, 0.1) is 0 Å². The van der Waals surface area contributed by atoms with E-state index in [0.717, 1.165) is 30.8 Å². The number of hydrogen-bond donors (Lipinski definition) is 1. The molecule has 1 fully saturated rings. The van der Waals surface area contributed by atoms with E-state index in [1.54, 1.807) is 0 Å². The Morgan fingerprint density at radius 3 is 2.55 bits per heavy atom. The van der Waals surface area contributed by atoms with Crippen LogP contribution >= 0.6 is 0 Å². The van der Waals surface area contributed by atoms with Crippen molar-refractivity contribution >= 4 is 5.57 Å². The standard InChI is InChI=1S/C18H19NO/c1-14(15-7-3-2-4-8-15)16-9-5-6-10-17(16)18-13-19-11-12-20-18/h2-10,18-19H,1,11-13H2. The molecule has 1 unspecified atom stereocenters. The molecule has 20 heavy (non-hydrogen) atoms. The van der Waals surface area contributed by atoms with Crippen LogP contribution in [0.15, 0.2) is 61.2 Å². The Kier molecular flexibility index (Phi) is 3.95. The summed E-state index contributed by atoms with van der Waals surface area (Å²) < 4.78 is 5.89. The molecule has 2 aromatic rings. The van der Waals surface area contributed by atoms with Crippen molar-refractivity contribution in [1.82, 2.24) is 5.32 Å². The molecule has 1 heterocycles. The molecule has 0 bridgehead atoms. The molecule has 1 saturated heterocycles. The molecule has 1 atom stereocenters. The quantitative estimate of drug-likeness (QED) is 0.918. The summed E-state index contributed by atoms with van der Waals surface area (Å²) in [4.78, 5) is 0. The van der Waals surface area contributed by atoms with Gasteiger partial charge < -0.3 is 10.1 Å². The summed E-state index contributed by atoms with van der Waals surface area (Å²) >= 11 is 0. The lowest BCUT2D eigenvalue weighted by atomic mass is 9.92. The van der Waals surface area contributed by atoms with Crippen LogP contribution in [-0.4, -0.2) is 19.7 Å². The van der Waals surface area contributed by atoms with Gasteiger partial charge >= 0.3 is 0 Å². The van der Waals surface area contributed by atoms with Gasteiger partial charge in [0.05, 0.1) is 12.7 Å². The van der Waals surface area contributed by atoms with E-state index in [2.05, 4.69) is 48.3 Å². The molecule has 0 amide bonds. The second-order valence-corrected chi connectivity index (χ2v) is 5.00. The molecule has 2 heteroatoms. The minimum absolute atomic E-state index is 0.111. The van der Waals surface area contributed by atoms with Gasteiger partial charge in [-0.3, -0.25) is 0 Å². The highest BCUT2D eigenvalue weighted by Crippen LogP contribution is 2.30. The highest BCUT2D eigenvalue weighted by molar-refractivity contribution is 5.79. The molecule has 1 aliphatic heterocycles. The molecular weight excluding hydrogens is 246 g/mol. The lowest BCUT2D eigenvalue weighted by Crippen LogP contribution is -2.33. The van der Waals surface area contributed by atoms with Gasteiger partial charge in [0.2, 0.25) is 0 Å². The smallest absolute Gasteiger partial charge is 0.0955 e. The molecule has 102 valence electrons. The van der Waals surface area contributed by atoms with Gasteiger partial charge in [0.15, 0.2) is 0 Å². The number of rotatable bonds is 3. The molecule has 0 spiro atoms. The number of ether oxygens (including phenoxy) is 1. The first-order chi connectivity index (χ1) is 9.86. The normalized spacial score (nSPS) is 18.7. The molecule has 2 aromatic carbocycles. The number of nitrogens with one attached hydrogen (secondary N) is 1. The number of hydrogen-bond acceptors (Lipinski definition) is 2. The Morgan fingerprint density at radius 1 is 1.05 bits per heavy atom. The van der Waals surface area contributed by atoms with Crippen molar-refractivity contribution in [2.24, 2.45) is 0 Å². The van der Waals surface area contributed by atoms with Gasteiger partial charge in [0, 0.05) is 13.1 Å². The van der Waals surface area contributed by atoms with Crippen LogP contribution in [0.3, 0.4) is 0 Å². The van der Waals surface area contributed by atoms with E-state index in [1.807, 2.05) is 18.2 Å². The average molecular weight is 265 g/mol. The third-order valence-corrected chi connectivity index (χ3v) is 3.68. The first-order valence-corrected chi connectivity index (χ1v) is 7.02. The predicted octanol–water partition coefficient (Wildman–Crippen LogP) is 3.41. The predicted molar refractivity (Wildman–Crippen MR) is 82.6 cm³/mol. The summed E-state index contributed by atoms with van der Waals surface area (Å²) in [6.07, 6.45) is 0.111. The minimum Gasteiger partial charge on any atom is -0.371 e. The first kappa shape index (κ1) is 13.1. The van der Waals surface area contributed by atoms with Crippen molar-refractivity contribution in [2.45, 2.75) is 6.10 Å². The van der Waals surface area contributed by atoms with Gasteiger partial charge in [-0.25, -0.2) is 0 Å². The summed E-state index contributed by atoms with van der Waals surface area (Å²) in [5, 5.41) is 3.38. The van der Waals surface area contributed by atoms with Crippen molar-refractivity contribution in [2.75, 3.05) is 19.7 Å². The van der Waals surface area contributed by atoms with Gasteiger partial charge in [-0.1, -0.05) is 61.2 Å². The van der Waals surface area contributed by atoms with E-state index in [-0.39, 0.29) is 6.10 Å². The lowest BCUT2D eigenvalue weighted by Gasteiger charge is -2.26. The summed E-state index contributed by atoms with van der Waals surface area (Å²) in [6.45, 7) is 6.82. The van der Waals surface area contributed by atoms with Crippen LogP contribution < -0.4 is 5.32 Å². The zero-order valence-corrected chi connectivity index (χ0v) is 11.5. The van der Waals surface area contributed by atoms with Crippen molar-refractivity contribution in [3.63, 3.8) is 0 Å². The summed E-state index contributed by atoms with van der Waals surface area (Å²) in [6, 6.07) is 18.7. The molecule has 0 saturated carbocycles. The van der Waals surface area contributed by atoms with Crippen molar-refractivity contribution in [1.29, 1.82) is 0 Å². The van der Waals surface area contributed by atoms with Crippen LogP contribution in [0.5, 0.6) is 0 Å². The summed E-state index contributed by atoms with van der Waals surface area (Å²) in [5.41, 5.74) is 4.60. The van der Waals surface area contributed by atoms with E-state index in [0.29, 0.717) is 0 Å². The topological polar surface area (TPSA) is 21.3 Å².